The number of aromatic amines is 1. The standard InChI is InChI=1S/C78H28N2O6Si/c1-10-8-80(75(83)79-73(10)81)13-7-11(12(85-13)9-84-87(5,6)76(2,3)4)86-74(82)72-77-68-60-52-42-32-24-16-14-15-18-22-20(16)28-36-30(22)40-34-26(18)27-19(15)23-21-17(14)25(24)33-39-29(21)37-31(23)41-35(27)45-44(34)54-48(40)58-50(36)56(46(52)38(28)32)64(68)66(58)70-62(54)63-55(45)49(41)59-51(37)57-47(39)53(43(33)42)61(60)69(77)65(57)67(59)71(63)78(70,72)77/h8,11-13,72H,7,9H2,1-6H3,(H,79,81,83)/t11-,12+,13+,72?,77?,78?/m0/s1. The zero-order valence-electron chi connectivity index (χ0n) is 46.7. The number of hydrogen-bond donors (Lipinski definition) is 1. The summed E-state index contributed by atoms with van der Waals surface area (Å²) in [5.41, 5.74) is 3.83. The van der Waals surface area contributed by atoms with Crippen LogP contribution < -0.4 is 11.2 Å². The number of esters is 1. The number of aryl methyl sites for hydroxylation is 1. The van der Waals surface area contributed by atoms with E-state index in [4.69, 9.17) is 13.9 Å². The summed E-state index contributed by atoms with van der Waals surface area (Å²) in [4.78, 5) is 46.8. The van der Waals surface area contributed by atoms with Crippen LogP contribution in [0.4, 0.5) is 0 Å². The van der Waals surface area contributed by atoms with Crippen molar-refractivity contribution in [2.75, 3.05) is 6.61 Å². The molecule has 0 amide bonds. The molecule has 6 aliphatic rings. The summed E-state index contributed by atoms with van der Waals surface area (Å²) in [5, 5.41) is 82.4. The van der Waals surface area contributed by atoms with Crippen LogP contribution in [-0.4, -0.2) is 42.7 Å². The highest BCUT2D eigenvalue weighted by Crippen LogP contribution is 2.92. The summed E-state index contributed by atoms with van der Waals surface area (Å²) in [6.45, 7) is 13.2. The zero-order valence-corrected chi connectivity index (χ0v) is 47.7. The first-order chi connectivity index (χ1) is 42.4. The summed E-state index contributed by atoms with van der Waals surface area (Å²) in [6.07, 6.45) is -0.279. The Kier molecular flexibility index (Phi) is 3.81. The van der Waals surface area contributed by atoms with Crippen LogP contribution in [0.1, 0.15) is 61.2 Å². The van der Waals surface area contributed by atoms with E-state index in [0.717, 1.165) is 0 Å². The van der Waals surface area contributed by atoms with Gasteiger partial charge in [-0.05, 0) is 338 Å². The van der Waals surface area contributed by atoms with Gasteiger partial charge in [-0.3, -0.25) is 19.1 Å². The Labute approximate surface area is 479 Å². The number of ether oxygens (including phenoxy) is 2. The highest BCUT2D eigenvalue weighted by molar-refractivity contribution is 6.82. The molecule has 1 saturated heterocycles. The van der Waals surface area contributed by atoms with Crippen molar-refractivity contribution in [1.29, 1.82) is 0 Å². The highest BCUT2D eigenvalue weighted by atomic mass is 28.4. The molecule has 1 aliphatic heterocycles. The lowest BCUT2D eigenvalue weighted by molar-refractivity contribution is -0.155. The van der Waals surface area contributed by atoms with Gasteiger partial charge in [-0.2, -0.15) is 0 Å². The van der Waals surface area contributed by atoms with E-state index in [9.17, 15) is 9.59 Å². The number of nitrogens with one attached hydrogen (secondary N) is 1. The molecule has 1 saturated carbocycles. The molecule has 87 heavy (non-hydrogen) atoms. The number of H-pyrrole nitrogens is 1. The molecule has 9 heteroatoms. The highest BCUT2D eigenvalue weighted by Gasteiger charge is 2.89. The molecule has 29 aromatic rings. The first-order valence-corrected chi connectivity index (χ1v) is 34.9. The van der Waals surface area contributed by atoms with Crippen LogP contribution in [0, 0.1) is 12.8 Å². The van der Waals surface area contributed by atoms with Crippen molar-refractivity contribution in [3.05, 3.63) is 54.9 Å². The molecular formula is C78H28N2O6Si. The van der Waals surface area contributed by atoms with Crippen molar-refractivity contribution in [1.82, 2.24) is 9.55 Å². The number of nitrogens with zero attached hydrogens (tertiary/aromatic N) is 1. The van der Waals surface area contributed by atoms with Gasteiger partial charge in [0, 0.05) is 18.2 Å². The number of hydrogen-bond acceptors (Lipinski definition) is 6. The molecule has 2 fully saturated rings. The predicted octanol–water partition coefficient (Wildman–Crippen LogP) is 18.0. The van der Waals surface area contributed by atoms with Crippen LogP contribution in [0.2, 0.25) is 18.1 Å². The van der Waals surface area contributed by atoms with E-state index in [1.807, 2.05) is 0 Å². The molecule has 28 aromatic carbocycles. The van der Waals surface area contributed by atoms with Crippen molar-refractivity contribution in [2.24, 2.45) is 5.92 Å². The maximum absolute atomic E-state index is 17.5. The van der Waals surface area contributed by atoms with Crippen molar-refractivity contribution in [3.8, 4) is 0 Å². The van der Waals surface area contributed by atoms with E-state index in [-0.39, 0.29) is 24.0 Å². The molecule has 0 unspecified atom stereocenters. The Morgan fingerprint density at radius 2 is 0.724 bits per heavy atom. The normalized spacial score (nSPS) is 24.9. The van der Waals surface area contributed by atoms with Gasteiger partial charge in [0.25, 0.3) is 5.56 Å². The van der Waals surface area contributed by atoms with E-state index < -0.39 is 54.8 Å². The number of aromatic nitrogens is 2. The molecule has 35 rings (SSSR count). The first kappa shape index (κ1) is 37.3. The van der Waals surface area contributed by atoms with Crippen molar-refractivity contribution >= 4 is 305 Å². The van der Waals surface area contributed by atoms with Gasteiger partial charge in [-0.1, -0.05) is 20.8 Å². The number of carbonyl (C=O) groups is 1. The molecule has 1 aromatic heterocycles. The van der Waals surface area contributed by atoms with Gasteiger partial charge in [0.05, 0.1) is 23.4 Å². The lowest BCUT2D eigenvalue weighted by Gasteiger charge is -2.37. The molecule has 3 atom stereocenters. The molecular weight excluding hydrogens is 1090 g/mol. The van der Waals surface area contributed by atoms with Crippen LogP contribution in [0.25, 0.3) is 291 Å². The number of benzene rings is 18. The molecule has 1 N–H and O–H groups in total. The molecule has 5 aliphatic carbocycles. The third-order valence-corrected chi connectivity index (χ3v) is 34.3. The SMILES string of the molecule is Cc1cn([C@H]2C[C@H](OC(=O)C3C45c6c7c8c9c%10c%11c(c%12c%13c4c4c6c6c%14c7c7c8c8c%10c%10c%15c%11c%11c%12c%12c%13c%13c4c4c6c6c%14c%14c7c7c8c%10c8c%10c%15c%11c%11c%12c%12c%13c4c4c6c6c%14c7c8c7c%10c%11c%12c4c67)C935)[C@@H](CO[Si](C)(C)C(C)(C)C)O2)c(=O)[nH]c1=O. The Balaban J connectivity index is 0.830. The molecule has 2 spiro atoms. The largest absolute Gasteiger partial charge is 0.459 e. The topological polar surface area (TPSA) is 99.6 Å². The van der Waals surface area contributed by atoms with Crippen molar-refractivity contribution in [2.45, 2.75) is 81.5 Å². The maximum Gasteiger partial charge on any atom is 0.330 e. The molecule has 0 bridgehead atoms. The number of rotatable bonds is 6. The van der Waals surface area contributed by atoms with E-state index in [2.05, 4.69) is 38.8 Å². The lowest BCUT2D eigenvalue weighted by Crippen LogP contribution is -2.44. The smallest absolute Gasteiger partial charge is 0.330 e. The lowest BCUT2D eigenvalue weighted by atomic mass is 9.68. The molecule has 8 nitrogen and oxygen atoms in total. The fourth-order valence-electron chi connectivity index (χ4n) is 27.4. The van der Waals surface area contributed by atoms with E-state index >= 15 is 4.79 Å². The second-order valence-electron chi connectivity index (χ2n) is 32.2. The molecule has 0 radical (unpaired) electrons. The number of carbonyl (C=O) groups excluding carboxylic acids is 1. The molecule has 2 heterocycles. The Hall–Kier alpha value is -9.25. The third kappa shape index (κ3) is 2.33. The van der Waals surface area contributed by atoms with Crippen molar-refractivity contribution in [3.63, 3.8) is 0 Å². The Bertz CT molecular complexity index is 7730. The average Bonchev–Trinajstić information content (AvgIpc) is 1.37. The Morgan fingerprint density at radius 3 is 0.977 bits per heavy atom. The summed E-state index contributed by atoms with van der Waals surface area (Å²) >= 11 is 0. The quantitative estimate of drug-likeness (QED) is 0.101. The minimum atomic E-state index is -2.35. The van der Waals surface area contributed by atoms with Gasteiger partial charge in [-0.15, -0.1) is 0 Å². The average molecular weight is 1120 g/mol. The summed E-state index contributed by atoms with van der Waals surface area (Å²) < 4.78 is 23.1. The Morgan fingerprint density at radius 1 is 0.471 bits per heavy atom. The fourth-order valence-corrected chi connectivity index (χ4v) is 28.5. The van der Waals surface area contributed by atoms with Crippen LogP contribution in [-0.2, 0) is 29.5 Å². The van der Waals surface area contributed by atoms with Gasteiger partial charge in [0.1, 0.15) is 18.4 Å². The van der Waals surface area contributed by atoms with Gasteiger partial charge in [0.15, 0.2) is 8.32 Å². The zero-order chi connectivity index (χ0) is 54.6. The third-order valence-electron chi connectivity index (χ3n) is 29.8. The summed E-state index contributed by atoms with van der Waals surface area (Å²) in [6, 6.07) is 0. The van der Waals surface area contributed by atoms with Crippen LogP contribution >= 0.6 is 0 Å². The van der Waals surface area contributed by atoms with Crippen LogP contribution in [0.5, 0.6) is 0 Å². The minimum absolute atomic E-state index is 0.0787. The van der Waals surface area contributed by atoms with E-state index in [0.29, 0.717) is 5.56 Å². The predicted molar refractivity (Wildman–Crippen MR) is 355 cm³/mol. The van der Waals surface area contributed by atoms with Gasteiger partial charge < -0.3 is 13.9 Å². The first-order valence-electron chi connectivity index (χ1n) is 32.0. The second kappa shape index (κ2) is 8.87. The fraction of sp³-hybridized carbons (Fsp3) is 0.192. The minimum Gasteiger partial charge on any atom is -0.459 e. The van der Waals surface area contributed by atoms with Crippen LogP contribution in [0.3, 0.4) is 0 Å². The van der Waals surface area contributed by atoms with Crippen molar-refractivity contribution < 1.29 is 18.7 Å². The van der Waals surface area contributed by atoms with E-state index in [1.54, 1.807) is 164 Å². The van der Waals surface area contributed by atoms with Gasteiger partial charge in [-0.25, -0.2) is 4.79 Å². The summed E-state index contributed by atoms with van der Waals surface area (Å²) in [5.74, 6) is -0.709. The molecule has 390 valence electrons. The van der Waals surface area contributed by atoms with E-state index in [1.165, 1.54) is 167 Å². The summed E-state index contributed by atoms with van der Waals surface area (Å²) in [7, 11) is -2.35. The monoisotopic (exact) mass is 1120 g/mol. The van der Waals surface area contributed by atoms with Gasteiger partial charge in [0.2, 0.25) is 0 Å². The second-order valence-corrected chi connectivity index (χ2v) is 37.0. The van der Waals surface area contributed by atoms with Crippen LogP contribution in [0.15, 0.2) is 15.8 Å². The maximum atomic E-state index is 17.5. The van der Waals surface area contributed by atoms with Gasteiger partial charge >= 0.3 is 11.7 Å².